The van der Waals surface area contributed by atoms with Crippen LogP contribution in [-0.2, 0) is 6.61 Å². The molecule has 0 fully saturated rings. The first-order chi connectivity index (χ1) is 17.7. The predicted molar refractivity (Wildman–Crippen MR) is 136 cm³/mol. The van der Waals surface area contributed by atoms with E-state index in [0.717, 1.165) is 11.3 Å². The van der Waals surface area contributed by atoms with Crippen molar-refractivity contribution in [2.75, 3.05) is 13.2 Å². The Morgan fingerprint density at radius 1 is 0.528 bits per heavy atom. The van der Waals surface area contributed by atoms with Crippen molar-refractivity contribution in [3.05, 3.63) is 126 Å². The van der Waals surface area contributed by atoms with Crippen LogP contribution in [0.4, 0.5) is 0 Å². The summed E-state index contributed by atoms with van der Waals surface area (Å²) < 4.78 is 17.0. The lowest BCUT2D eigenvalue weighted by molar-refractivity contribution is 0.0846. The average molecular weight is 483 g/mol. The average Bonchev–Trinajstić information content (AvgIpc) is 2.94. The van der Waals surface area contributed by atoms with Gasteiger partial charge in [-0.25, -0.2) is 0 Å². The van der Waals surface area contributed by atoms with Crippen LogP contribution in [-0.4, -0.2) is 25.0 Å². The molecular formula is C29H26N2O5. The zero-order valence-electron chi connectivity index (χ0n) is 19.6. The minimum atomic E-state index is -0.461. The van der Waals surface area contributed by atoms with Gasteiger partial charge in [-0.2, -0.15) is 0 Å². The highest BCUT2D eigenvalue weighted by atomic mass is 16.5. The van der Waals surface area contributed by atoms with Gasteiger partial charge in [-0.05, 0) is 60.2 Å². The zero-order chi connectivity index (χ0) is 25.0. The van der Waals surface area contributed by atoms with E-state index in [-0.39, 0.29) is 0 Å². The van der Waals surface area contributed by atoms with Crippen LogP contribution in [0.3, 0.4) is 0 Å². The van der Waals surface area contributed by atoms with Crippen molar-refractivity contribution in [2.45, 2.75) is 6.61 Å². The van der Waals surface area contributed by atoms with Crippen LogP contribution in [0, 0.1) is 0 Å². The molecule has 0 unspecified atom stereocenters. The Bertz CT molecular complexity index is 1260. The van der Waals surface area contributed by atoms with E-state index in [2.05, 4.69) is 10.9 Å². The normalized spacial score (nSPS) is 10.2. The quantitative estimate of drug-likeness (QED) is 0.251. The summed E-state index contributed by atoms with van der Waals surface area (Å²) in [5.41, 5.74) is 6.64. The summed E-state index contributed by atoms with van der Waals surface area (Å²) in [6.45, 7) is 1.12. The lowest BCUT2D eigenvalue weighted by Gasteiger charge is -2.11. The van der Waals surface area contributed by atoms with E-state index in [9.17, 15) is 9.59 Å². The van der Waals surface area contributed by atoms with Crippen LogP contribution in [0.5, 0.6) is 17.2 Å². The van der Waals surface area contributed by atoms with E-state index in [1.54, 1.807) is 48.5 Å². The number of hydrogen-bond acceptors (Lipinski definition) is 5. The Balaban J connectivity index is 1.21. The number of hydrazine groups is 1. The first-order valence-electron chi connectivity index (χ1n) is 11.5. The summed E-state index contributed by atoms with van der Waals surface area (Å²) in [4.78, 5) is 24.9. The Hall–Kier alpha value is -4.78. The molecule has 0 bridgehead atoms. The third kappa shape index (κ3) is 7.36. The van der Waals surface area contributed by atoms with Gasteiger partial charge in [-0.15, -0.1) is 0 Å². The van der Waals surface area contributed by atoms with Gasteiger partial charge in [0.15, 0.2) is 0 Å². The first kappa shape index (κ1) is 24.3. The lowest BCUT2D eigenvalue weighted by Crippen LogP contribution is -2.41. The standard InChI is InChI=1S/C29H26N2O5/c32-28(23-14-16-26(17-15-23)36-21-22-8-3-1-4-9-22)30-31-29(33)24-10-7-13-27(20-24)35-19-18-34-25-11-5-2-6-12-25/h1-17,20H,18-19,21H2,(H,30,32)(H,31,33). The topological polar surface area (TPSA) is 85.9 Å². The maximum atomic E-state index is 12.5. The molecule has 0 atom stereocenters. The Morgan fingerprint density at radius 3 is 1.78 bits per heavy atom. The molecular weight excluding hydrogens is 456 g/mol. The minimum Gasteiger partial charge on any atom is -0.490 e. The smallest absolute Gasteiger partial charge is 0.269 e. The van der Waals surface area contributed by atoms with Gasteiger partial charge in [0.2, 0.25) is 0 Å². The number of ether oxygens (including phenoxy) is 3. The fraction of sp³-hybridized carbons (Fsp3) is 0.103. The number of para-hydroxylation sites is 1. The van der Waals surface area contributed by atoms with Gasteiger partial charge in [-0.3, -0.25) is 20.4 Å². The molecule has 7 nitrogen and oxygen atoms in total. The molecule has 4 aromatic carbocycles. The van der Waals surface area contributed by atoms with Crippen LogP contribution in [0.2, 0.25) is 0 Å². The molecule has 36 heavy (non-hydrogen) atoms. The van der Waals surface area contributed by atoms with E-state index >= 15 is 0 Å². The number of rotatable bonds is 10. The highest BCUT2D eigenvalue weighted by Gasteiger charge is 2.10. The van der Waals surface area contributed by atoms with Crippen molar-refractivity contribution in [3.63, 3.8) is 0 Å². The van der Waals surface area contributed by atoms with E-state index in [0.29, 0.717) is 42.4 Å². The molecule has 0 radical (unpaired) electrons. The maximum absolute atomic E-state index is 12.5. The molecule has 7 heteroatoms. The fourth-order valence-corrected chi connectivity index (χ4v) is 3.26. The second-order valence-electron chi connectivity index (χ2n) is 7.74. The molecule has 0 aromatic heterocycles. The molecule has 0 aliphatic carbocycles. The molecule has 4 rings (SSSR count). The van der Waals surface area contributed by atoms with E-state index < -0.39 is 11.8 Å². The Morgan fingerprint density at radius 2 is 1.08 bits per heavy atom. The van der Waals surface area contributed by atoms with Gasteiger partial charge in [0.05, 0.1) is 0 Å². The van der Waals surface area contributed by atoms with Crippen LogP contribution in [0.1, 0.15) is 26.3 Å². The number of carbonyl (C=O) groups is 2. The second kappa shape index (κ2) is 12.6. The van der Waals surface area contributed by atoms with Crippen molar-refractivity contribution < 1.29 is 23.8 Å². The van der Waals surface area contributed by atoms with E-state index in [1.165, 1.54) is 0 Å². The van der Waals surface area contributed by atoms with E-state index in [4.69, 9.17) is 14.2 Å². The lowest BCUT2D eigenvalue weighted by atomic mass is 10.2. The fourth-order valence-electron chi connectivity index (χ4n) is 3.26. The molecule has 0 aliphatic heterocycles. The molecule has 182 valence electrons. The van der Waals surface area contributed by atoms with Gasteiger partial charge >= 0.3 is 0 Å². The van der Waals surface area contributed by atoms with Crippen molar-refractivity contribution in [2.24, 2.45) is 0 Å². The summed E-state index contributed by atoms with van der Waals surface area (Å²) in [7, 11) is 0. The summed E-state index contributed by atoms with van der Waals surface area (Å²) >= 11 is 0. The minimum absolute atomic E-state index is 0.321. The summed E-state index contributed by atoms with van der Waals surface area (Å²) in [6.07, 6.45) is 0. The highest BCUT2D eigenvalue weighted by Crippen LogP contribution is 2.15. The summed E-state index contributed by atoms with van der Waals surface area (Å²) in [6, 6.07) is 32.6. The summed E-state index contributed by atoms with van der Waals surface area (Å²) in [5.74, 6) is 1.03. The monoisotopic (exact) mass is 482 g/mol. The number of carbonyl (C=O) groups excluding carboxylic acids is 2. The number of nitrogens with one attached hydrogen (secondary N) is 2. The molecule has 0 aliphatic rings. The maximum Gasteiger partial charge on any atom is 0.269 e. The number of benzene rings is 4. The Kier molecular flexibility index (Phi) is 8.53. The summed E-state index contributed by atoms with van der Waals surface area (Å²) in [5, 5.41) is 0. The Labute approximate surface area is 209 Å². The molecule has 4 aromatic rings. The van der Waals surface area contributed by atoms with Gasteiger partial charge in [0.25, 0.3) is 11.8 Å². The van der Waals surface area contributed by atoms with Gasteiger partial charge in [0.1, 0.15) is 37.1 Å². The van der Waals surface area contributed by atoms with Crippen molar-refractivity contribution in [3.8, 4) is 17.2 Å². The van der Waals surface area contributed by atoms with Gasteiger partial charge in [0, 0.05) is 11.1 Å². The molecule has 0 saturated heterocycles. The molecule has 0 saturated carbocycles. The predicted octanol–water partition coefficient (Wildman–Crippen LogP) is 4.80. The number of amides is 2. The van der Waals surface area contributed by atoms with Crippen LogP contribution in [0.15, 0.2) is 109 Å². The largest absolute Gasteiger partial charge is 0.490 e. The third-order valence-electron chi connectivity index (χ3n) is 5.11. The van der Waals surface area contributed by atoms with Crippen LogP contribution in [0.25, 0.3) is 0 Å². The number of hydrogen-bond donors (Lipinski definition) is 2. The molecule has 2 N–H and O–H groups in total. The van der Waals surface area contributed by atoms with Crippen molar-refractivity contribution >= 4 is 11.8 Å². The van der Waals surface area contributed by atoms with Crippen LogP contribution < -0.4 is 25.1 Å². The third-order valence-corrected chi connectivity index (χ3v) is 5.11. The SMILES string of the molecule is O=C(NNC(=O)c1cccc(OCCOc2ccccc2)c1)c1ccc(OCc2ccccc2)cc1. The van der Waals surface area contributed by atoms with Crippen LogP contribution >= 0.6 is 0 Å². The van der Waals surface area contributed by atoms with Crippen molar-refractivity contribution in [1.82, 2.24) is 10.9 Å². The van der Waals surface area contributed by atoms with E-state index in [1.807, 2.05) is 60.7 Å². The molecule has 0 heterocycles. The van der Waals surface area contributed by atoms with Gasteiger partial charge in [-0.1, -0.05) is 54.6 Å². The first-order valence-corrected chi connectivity index (χ1v) is 11.5. The molecule has 2 amide bonds. The second-order valence-corrected chi connectivity index (χ2v) is 7.74. The zero-order valence-corrected chi connectivity index (χ0v) is 19.6. The molecule has 0 spiro atoms. The highest BCUT2D eigenvalue weighted by molar-refractivity contribution is 5.99. The van der Waals surface area contributed by atoms with Crippen molar-refractivity contribution in [1.29, 1.82) is 0 Å². The van der Waals surface area contributed by atoms with Gasteiger partial charge < -0.3 is 14.2 Å².